The van der Waals surface area contributed by atoms with E-state index in [1.54, 1.807) is 12.1 Å². The maximum Gasteiger partial charge on any atom is 0.263 e. The third-order valence-corrected chi connectivity index (χ3v) is 4.69. The Morgan fingerprint density at radius 3 is 2.59 bits per heavy atom. The first kappa shape index (κ1) is 12.3. The Kier molecular flexibility index (Phi) is 3.58. The quantitative estimate of drug-likeness (QED) is 0.787. The zero-order valence-electron chi connectivity index (χ0n) is 9.09. The SMILES string of the molecule is Nc1ccc(S(=O)(=O)NC2=NCCCS2)cc1. The number of benzene rings is 1. The highest BCUT2D eigenvalue weighted by atomic mass is 32.2. The van der Waals surface area contributed by atoms with Crippen LogP contribution in [-0.2, 0) is 10.0 Å². The summed E-state index contributed by atoms with van der Waals surface area (Å²) in [6.07, 6.45) is 0.984. The summed E-state index contributed by atoms with van der Waals surface area (Å²) in [5, 5.41) is 0.466. The van der Waals surface area contributed by atoms with Crippen molar-refractivity contribution in [3.8, 4) is 0 Å². The van der Waals surface area contributed by atoms with Crippen LogP contribution in [0.4, 0.5) is 5.69 Å². The first-order chi connectivity index (χ1) is 8.08. The topological polar surface area (TPSA) is 84.5 Å². The van der Waals surface area contributed by atoms with Gasteiger partial charge in [-0.3, -0.25) is 9.71 Å². The Morgan fingerprint density at radius 1 is 1.29 bits per heavy atom. The third kappa shape index (κ3) is 3.13. The van der Waals surface area contributed by atoms with E-state index < -0.39 is 10.0 Å². The summed E-state index contributed by atoms with van der Waals surface area (Å²) in [5.74, 6) is 0.892. The van der Waals surface area contributed by atoms with Gasteiger partial charge in [-0.2, -0.15) is 0 Å². The van der Waals surface area contributed by atoms with Gasteiger partial charge in [0.15, 0.2) is 5.17 Å². The number of amidine groups is 1. The molecule has 3 N–H and O–H groups in total. The number of aliphatic imine (C=N–C) groups is 1. The van der Waals surface area contributed by atoms with Crippen LogP contribution >= 0.6 is 11.8 Å². The number of sulfonamides is 1. The fourth-order valence-corrected chi connectivity index (χ4v) is 3.46. The van der Waals surface area contributed by atoms with Gasteiger partial charge in [0.2, 0.25) is 0 Å². The summed E-state index contributed by atoms with van der Waals surface area (Å²) in [6.45, 7) is 0.673. The van der Waals surface area contributed by atoms with Gasteiger partial charge >= 0.3 is 0 Å². The summed E-state index contributed by atoms with van der Waals surface area (Å²) in [6, 6.07) is 6.08. The van der Waals surface area contributed by atoms with Crippen molar-refractivity contribution in [2.24, 2.45) is 4.99 Å². The molecule has 7 heteroatoms. The lowest BCUT2D eigenvalue weighted by Crippen LogP contribution is -2.30. The van der Waals surface area contributed by atoms with Crippen LogP contribution in [0.1, 0.15) is 6.42 Å². The molecular formula is C10H13N3O2S2. The van der Waals surface area contributed by atoms with E-state index in [9.17, 15) is 8.42 Å². The van der Waals surface area contributed by atoms with Crippen molar-refractivity contribution >= 4 is 32.6 Å². The average Bonchev–Trinajstić information content (AvgIpc) is 2.30. The largest absolute Gasteiger partial charge is 0.399 e. The minimum absolute atomic E-state index is 0.195. The Balaban J connectivity index is 2.18. The van der Waals surface area contributed by atoms with E-state index in [1.165, 1.54) is 23.9 Å². The Morgan fingerprint density at radius 2 is 2.00 bits per heavy atom. The second-order valence-electron chi connectivity index (χ2n) is 3.56. The predicted molar refractivity (Wildman–Crippen MR) is 70.6 cm³/mol. The normalized spacial score (nSPS) is 16.4. The van der Waals surface area contributed by atoms with Crippen LogP contribution in [0.25, 0.3) is 0 Å². The minimum atomic E-state index is -3.53. The fraction of sp³-hybridized carbons (Fsp3) is 0.300. The number of nitrogen functional groups attached to an aromatic ring is 1. The number of hydrogen-bond acceptors (Lipinski definition) is 5. The number of hydrogen-bond donors (Lipinski definition) is 2. The standard InChI is InChI=1S/C10H13N3O2S2/c11-8-2-4-9(5-3-8)17(14,15)13-10-12-6-1-7-16-10/h2-5H,1,6-7,11H2,(H,12,13). The first-order valence-electron chi connectivity index (χ1n) is 5.13. The molecule has 1 aromatic rings. The lowest BCUT2D eigenvalue weighted by Gasteiger charge is -2.13. The van der Waals surface area contributed by atoms with Gasteiger partial charge in [0.25, 0.3) is 10.0 Å². The van der Waals surface area contributed by atoms with Crippen LogP contribution in [0.3, 0.4) is 0 Å². The second kappa shape index (κ2) is 4.97. The Bertz CT molecular complexity index is 523. The number of nitrogens with two attached hydrogens (primary N) is 1. The molecule has 92 valence electrons. The van der Waals surface area contributed by atoms with Gasteiger partial charge in [0, 0.05) is 18.0 Å². The van der Waals surface area contributed by atoms with Crippen molar-refractivity contribution in [1.82, 2.24) is 4.72 Å². The van der Waals surface area contributed by atoms with Gasteiger partial charge in [-0.15, -0.1) is 0 Å². The molecule has 0 radical (unpaired) electrons. The van der Waals surface area contributed by atoms with E-state index in [0.717, 1.165) is 12.2 Å². The van der Waals surface area contributed by atoms with Gasteiger partial charge in [0.05, 0.1) is 4.90 Å². The molecule has 0 amide bonds. The van der Waals surface area contributed by atoms with Crippen molar-refractivity contribution in [2.75, 3.05) is 18.0 Å². The molecule has 1 aliphatic heterocycles. The van der Waals surface area contributed by atoms with Crippen molar-refractivity contribution in [2.45, 2.75) is 11.3 Å². The monoisotopic (exact) mass is 271 g/mol. The van der Waals surface area contributed by atoms with Crippen molar-refractivity contribution in [3.63, 3.8) is 0 Å². The predicted octanol–water partition coefficient (Wildman–Crippen LogP) is 1.04. The maximum atomic E-state index is 12.0. The van der Waals surface area contributed by atoms with Crippen LogP contribution in [0.5, 0.6) is 0 Å². The summed E-state index contributed by atoms with van der Waals surface area (Å²) in [5.41, 5.74) is 6.05. The molecule has 17 heavy (non-hydrogen) atoms. The fourth-order valence-electron chi connectivity index (χ4n) is 1.34. The van der Waals surface area contributed by atoms with Gasteiger partial charge in [-0.1, -0.05) is 11.8 Å². The van der Waals surface area contributed by atoms with Gasteiger partial charge in [-0.25, -0.2) is 8.42 Å². The molecule has 0 saturated heterocycles. The van der Waals surface area contributed by atoms with Crippen molar-refractivity contribution in [3.05, 3.63) is 24.3 Å². The minimum Gasteiger partial charge on any atom is -0.399 e. The number of nitrogens with one attached hydrogen (secondary N) is 1. The highest BCUT2D eigenvalue weighted by Gasteiger charge is 2.17. The summed E-state index contributed by atoms with van der Waals surface area (Å²) < 4.78 is 26.4. The molecule has 0 atom stereocenters. The molecule has 0 fully saturated rings. The third-order valence-electron chi connectivity index (χ3n) is 2.21. The molecular weight excluding hydrogens is 258 g/mol. The van der Waals surface area contributed by atoms with Crippen molar-refractivity contribution in [1.29, 1.82) is 0 Å². The molecule has 1 aromatic carbocycles. The van der Waals surface area contributed by atoms with Crippen LogP contribution in [-0.4, -0.2) is 25.9 Å². The number of nitrogens with zero attached hydrogens (tertiary/aromatic N) is 1. The Labute approximate surface area is 105 Å². The maximum absolute atomic E-state index is 12.0. The van der Waals surface area contributed by atoms with E-state index >= 15 is 0 Å². The zero-order chi connectivity index (χ0) is 12.3. The number of thioether (sulfide) groups is 1. The zero-order valence-corrected chi connectivity index (χ0v) is 10.7. The number of anilines is 1. The average molecular weight is 271 g/mol. The van der Waals surface area contributed by atoms with Crippen LogP contribution < -0.4 is 10.5 Å². The van der Waals surface area contributed by atoms with E-state index in [-0.39, 0.29) is 4.90 Å². The molecule has 0 bridgehead atoms. The van der Waals surface area contributed by atoms with Gasteiger partial charge in [-0.05, 0) is 30.7 Å². The smallest absolute Gasteiger partial charge is 0.263 e. The molecule has 0 unspecified atom stereocenters. The summed E-state index contributed by atoms with van der Waals surface area (Å²) >= 11 is 1.42. The lowest BCUT2D eigenvalue weighted by atomic mass is 10.3. The van der Waals surface area contributed by atoms with E-state index in [4.69, 9.17) is 5.73 Å². The summed E-state index contributed by atoms with van der Waals surface area (Å²) in [4.78, 5) is 4.32. The molecule has 1 heterocycles. The first-order valence-corrected chi connectivity index (χ1v) is 7.60. The molecule has 0 aliphatic carbocycles. The van der Waals surface area contributed by atoms with E-state index in [1.807, 2.05) is 0 Å². The lowest BCUT2D eigenvalue weighted by molar-refractivity contribution is 0.593. The highest BCUT2D eigenvalue weighted by Crippen LogP contribution is 2.15. The Hall–Kier alpha value is -1.21. The molecule has 2 rings (SSSR count). The second-order valence-corrected chi connectivity index (χ2v) is 6.33. The summed E-state index contributed by atoms with van der Waals surface area (Å²) in [7, 11) is -3.53. The van der Waals surface area contributed by atoms with Gasteiger partial charge < -0.3 is 5.73 Å². The highest BCUT2D eigenvalue weighted by molar-refractivity contribution is 8.14. The molecule has 5 nitrogen and oxygen atoms in total. The van der Waals surface area contributed by atoms with Crippen LogP contribution in [0.2, 0.25) is 0 Å². The van der Waals surface area contributed by atoms with Crippen LogP contribution in [0, 0.1) is 0 Å². The van der Waals surface area contributed by atoms with Gasteiger partial charge in [0.1, 0.15) is 0 Å². The number of rotatable bonds is 2. The molecule has 0 aromatic heterocycles. The molecule has 0 spiro atoms. The van der Waals surface area contributed by atoms with E-state index in [2.05, 4.69) is 9.71 Å². The molecule has 1 aliphatic rings. The van der Waals surface area contributed by atoms with E-state index in [0.29, 0.717) is 17.4 Å². The molecule has 0 saturated carbocycles. The van der Waals surface area contributed by atoms with Crippen LogP contribution in [0.15, 0.2) is 34.2 Å². The van der Waals surface area contributed by atoms with Crippen molar-refractivity contribution < 1.29 is 8.42 Å².